The third-order valence-corrected chi connectivity index (χ3v) is 4.49. The van der Waals surface area contributed by atoms with Gasteiger partial charge in [-0.25, -0.2) is 0 Å². The van der Waals surface area contributed by atoms with Gasteiger partial charge >= 0.3 is 5.69 Å². The van der Waals surface area contributed by atoms with Gasteiger partial charge in [0, 0.05) is 17.8 Å². The maximum atomic E-state index is 12.2. The molecule has 1 amide bonds. The highest BCUT2D eigenvalue weighted by atomic mass is 16.6. The van der Waals surface area contributed by atoms with E-state index in [9.17, 15) is 14.9 Å². The summed E-state index contributed by atoms with van der Waals surface area (Å²) in [5.74, 6) is -0.128. The number of amides is 1. The highest BCUT2D eigenvalue weighted by Crippen LogP contribution is 2.29. The molecule has 30 heavy (non-hydrogen) atoms. The number of nitro benzene ring substituents is 1. The predicted octanol–water partition coefficient (Wildman–Crippen LogP) is 5.44. The van der Waals surface area contributed by atoms with E-state index in [1.807, 2.05) is 62.4 Å². The second kappa shape index (κ2) is 9.52. The van der Waals surface area contributed by atoms with Crippen LogP contribution in [0.4, 0.5) is 11.4 Å². The number of nitrogens with one attached hydrogen (secondary N) is 1. The van der Waals surface area contributed by atoms with Crippen LogP contribution in [0, 0.1) is 24.0 Å². The van der Waals surface area contributed by atoms with Gasteiger partial charge in [-0.05, 0) is 54.3 Å². The first-order valence-electron chi connectivity index (χ1n) is 9.44. The highest BCUT2D eigenvalue weighted by Gasteiger charge is 2.15. The van der Waals surface area contributed by atoms with Gasteiger partial charge in [-0.1, -0.05) is 48.5 Å². The van der Waals surface area contributed by atoms with Crippen molar-refractivity contribution in [3.8, 4) is 5.75 Å². The van der Waals surface area contributed by atoms with E-state index in [-0.39, 0.29) is 24.0 Å². The fourth-order valence-corrected chi connectivity index (χ4v) is 2.85. The van der Waals surface area contributed by atoms with Crippen LogP contribution >= 0.6 is 0 Å². The Morgan fingerprint density at radius 3 is 2.57 bits per heavy atom. The van der Waals surface area contributed by atoms with Gasteiger partial charge in [-0.3, -0.25) is 14.9 Å². The molecule has 0 unspecified atom stereocenters. The number of nitro groups is 1. The van der Waals surface area contributed by atoms with E-state index < -0.39 is 4.92 Å². The normalized spacial score (nSPS) is 10.7. The zero-order chi connectivity index (χ0) is 21.5. The van der Waals surface area contributed by atoms with E-state index in [2.05, 4.69) is 5.32 Å². The van der Waals surface area contributed by atoms with Crippen molar-refractivity contribution in [1.82, 2.24) is 0 Å². The molecule has 0 bridgehead atoms. The molecule has 6 nitrogen and oxygen atoms in total. The summed E-state index contributed by atoms with van der Waals surface area (Å²) in [5.41, 5.74) is 4.03. The summed E-state index contributed by atoms with van der Waals surface area (Å²) in [6.07, 6.45) is 2.89. The van der Waals surface area contributed by atoms with Crippen molar-refractivity contribution in [1.29, 1.82) is 0 Å². The lowest BCUT2D eigenvalue weighted by Gasteiger charge is -2.08. The Bertz CT molecular complexity index is 1090. The maximum Gasteiger partial charge on any atom is 0.311 e. The Morgan fingerprint density at radius 1 is 1.07 bits per heavy atom. The lowest BCUT2D eigenvalue weighted by molar-refractivity contribution is -0.386. The van der Waals surface area contributed by atoms with Gasteiger partial charge in [0.2, 0.25) is 5.91 Å². The number of anilines is 1. The van der Waals surface area contributed by atoms with Crippen molar-refractivity contribution < 1.29 is 14.5 Å². The molecule has 0 radical (unpaired) electrons. The molecular weight excluding hydrogens is 380 g/mol. The molecule has 0 aromatic heterocycles. The number of nitrogens with zero attached hydrogens (tertiary/aromatic N) is 1. The van der Waals surface area contributed by atoms with Crippen LogP contribution in [0.25, 0.3) is 6.08 Å². The number of ether oxygens (including phenoxy) is 1. The van der Waals surface area contributed by atoms with Gasteiger partial charge < -0.3 is 10.1 Å². The minimum absolute atomic E-state index is 0.150. The number of hydrogen-bond acceptors (Lipinski definition) is 4. The van der Waals surface area contributed by atoms with Gasteiger partial charge in [-0.15, -0.1) is 0 Å². The van der Waals surface area contributed by atoms with Crippen LogP contribution < -0.4 is 10.1 Å². The molecule has 152 valence electrons. The largest absolute Gasteiger partial charge is 0.482 e. The molecule has 0 aliphatic heterocycles. The second-order valence-electron chi connectivity index (χ2n) is 6.90. The maximum absolute atomic E-state index is 12.2. The fourth-order valence-electron chi connectivity index (χ4n) is 2.85. The highest BCUT2D eigenvalue weighted by molar-refractivity contribution is 6.02. The van der Waals surface area contributed by atoms with Crippen molar-refractivity contribution in [3.05, 3.63) is 105 Å². The SMILES string of the molecule is Cc1ccc(C)c(NC(=O)/C=C/c2ccc(OCc3ccccc3)c([N+](=O)[O-])c2)c1. The van der Waals surface area contributed by atoms with Crippen LogP contribution in [-0.4, -0.2) is 10.8 Å². The number of carbonyl (C=O) groups is 1. The van der Waals surface area contributed by atoms with Gasteiger partial charge in [0.1, 0.15) is 6.61 Å². The van der Waals surface area contributed by atoms with E-state index in [0.29, 0.717) is 5.56 Å². The Balaban J connectivity index is 1.71. The zero-order valence-corrected chi connectivity index (χ0v) is 16.8. The summed E-state index contributed by atoms with van der Waals surface area (Å²) in [7, 11) is 0. The molecule has 0 fully saturated rings. The lowest BCUT2D eigenvalue weighted by atomic mass is 10.1. The van der Waals surface area contributed by atoms with Crippen molar-refractivity contribution in [3.63, 3.8) is 0 Å². The Morgan fingerprint density at radius 2 is 1.83 bits per heavy atom. The molecule has 0 aliphatic carbocycles. The Hall–Kier alpha value is -3.93. The average Bonchev–Trinajstić information content (AvgIpc) is 2.74. The van der Waals surface area contributed by atoms with Gasteiger partial charge in [-0.2, -0.15) is 0 Å². The summed E-state index contributed by atoms with van der Waals surface area (Å²) >= 11 is 0. The molecule has 3 aromatic carbocycles. The van der Waals surface area contributed by atoms with Crippen LogP contribution in [0.1, 0.15) is 22.3 Å². The number of rotatable bonds is 7. The van der Waals surface area contributed by atoms with Gasteiger partial charge in [0.05, 0.1) is 4.92 Å². The molecule has 3 rings (SSSR count). The van der Waals surface area contributed by atoms with Gasteiger partial charge in [0.25, 0.3) is 0 Å². The Kier molecular flexibility index (Phi) is 6.60. The molecule has 0 aliphatic rings. The first-order valence-corrected chi connectivity index (χ1v) is 9.44. The van der Waals surface area contributed by atoms with Crippen LogP contribution in [0.5, 0.6) is 5.75 Å². The summed E-state index contributed by atoms with van der Waals surface area (Å²) in [4.78, 5) is 23.2. The number of aryl methyl sites for hydroxylation is 2. The van der Waals surface area contributed by atoms with Crippen LogP contribution in [0.15, 0.2) is 72.8 Å². The fraction of sp³-hybridized carbons (Fsp3) is 0.125. The van der Waals surface area contributed by atoms with Crippen molar-refractivity contribution in [2.75, 3.05) is 5.32 Å². The molecule has 0 saturated carbocycles. The number of carbonyl (C=O) groups excluding carboxylic acids is 1. The molecule has 0 spiro atoms. The van der Waals surface area contributed by atoms with Gasteiger partial charge in [0.15, 0.2) is 5.75 Å². The molecular formula is C24H22N2O4. The molecule has 6 heteroatoms. The van der Waals surface area contributed by atoms with Crippen molar-refractivity contribution in [2.45, 2.75) is 20.5 Å². The standard InChI is InChI=1S/C24H22N2O4/c1-17-8-9-18(2)21(14-17)25-24(27)13-11-19-10-12-23(22(15-19)26(28)29)30-16-20-6-4-3-5-7-20/h3-15H,16H2,1-2H3,(H,25,27)/b13-11+. The predicted molar refractivity (Wildman–Crippen MR) is 117 cm³/mol. The van der Waals surface area contributed by atoms with Crippen LogP contribution in [0.2, 0.25) is 0 Å². The third-order valence-electron chi connectivity index (χ3n) is 4.49. The minimum Gasteiger partial charge on any atom is -0.482 e. The van der Waals surface area contributed by atoms with E-state index in [4.69, 9.17) is 4.74 Å². The Labute approximate surface area is 175 Å². The smallest absolute Gasteiger partial charge is 0.311 e. The van der Waals surface area contributed by atoms with E-state index >= 15 is 0 Å². The summed E-state index contributed by atoms with van der Waals surface area (Å²) < 4.78 is 5.62. The zero-order valence-electron chi connectivity index (χ0n) is 16.8. The van der Waals surface area contributed by atoms with E-state index in [1.54, 1.807) is 12.1 Å². The summed E-state index contributed by atoms with van der Waals surface area (Å²) in [6, 6.07) is 19.8. The monoisotopic (exact) mass is 402 g/mol. The van der Waals surface area contributed by atoms with Crippen molar-refractivity contribution >= 4 is 23.4 Å². The number of hydrogen-bond donors (Lipinski definition) is 1. The summed E-state index contributed by atoms with van der Waals surface area (Å²) in [5, 5.41) is 14.3. The molecule has 1 N–H and O–H groups in total. The number of benzene rings is 3. The average molecular weight is 402 g/mol. The molecule has 3 aromatic rings. The van der Waals surface area contributed by atoms with E-state index in [1.165, 1.54) is 18.2 Å². The van der Waals surface area contributed by atoms with Crippen molar-refractivity contribution in [2.24, 2.45) is 0 Å². The third kappa shape index (κ3) is 5.54. The molecule has 0 heterocycles. The van der Waals surface area contributed by atoms with Crippen LogP contribution in [0.3, 0.4) is 0 Å². The minimum atomic E-state index is -0.492. The summed E-state index contributed by atoms with van der Waals surface area (Å²) in [6.45, 7) is 4.09. The first kappa shape index (κ1) is 20.8. The lowest BCUT2D eigenvalue weighted by Crippen LogP contribution is -2.09. The quantitative estimate of drug-likeness (QED) is 0.324. The van der Waals surface area contributed by atoms with E-state index in [0.717, 1.165) is 22.4 Å². The molecule has 0 saturated heterocycles. The first-order chi connectivity index (χ1) is 14.4. The second-order valence-corrected chi connectivity index (χ2v) is 6.90. The molecule has 0 atom stereocenters. The topological polar surface area (TPSA) is 81.5 Å². The van der Waals surface area contributed by atoms with Crippen LogP contribution in [-0.2, 0) is 11.4 Å².